The molecule has 6 aliphatic heterocycles. The van der Waals surface area contributed by atoms with Crippen LogP contribution in [0.3, 0.4) is 0 Å². The Morgan fingerprint density at radius 1 is 0.931 bits per heavy atom. The number of piperidine rings is 2. The SMILES string of the molecule is [C-]#[N+]c1ccc(N2CC3(CCN(c4ccc(C(=O)N5CC(N6CCN(c7cc8c(cc7F)C(=O)N(C7CCC(=O)NC7=O)C8=O)CC6)C5)nn4)CC3)C[C@@H]2C)cc1Cl. The Labute approximate surface area is 339 Å². The van der Waals surface area contributed by atoms with Crippen LogP contribution in [0.1, 0.15) is 70.2 Å². The van der Waals surface area contributed by atoms with Crippen LogP contribution in [-0.4, -0.2) is 131 Å². The Morgan fingerprint density at radius 3 is 2.31 bits per heavy atom. The largest absolute Gasteiger partial charge is 0.368 e. The molecule has 1 aromatic heterocycles. The first kappa shape index (κ1) is 37.9. The molecule has 1 unspecified atom stereocenters. The number of carbonyl (C=O) groups excluding carboxylic acids is 5. The van der Waals surface area contributed by atoms with E-state index in [-0.39, 0.29) is 47.0 Å². The third-order valence-electron chi connectivity index (χ3n) is 13.0. The van der Waals surface area contributed by atoms with Crippen molar-refractivity contribution in [1.82, 2.24) is 30.2 Å². The summed E-state index contributed by atoms with van der Waals surface area (Å²) in [5.74, 6) is -2.62. The number of hydrogen-bond donors (Lipinski definition) is 1. The molecule has 0 saturated carbocycles. The molecule has 7 heterocycles. The van der Waals surface area contributed by atoms with Crippen molar-refractivity contribution in [2.45, 2.75) is 57.2 Å². The molecule has 5 amide bonds. The minimum atomic E-state index is -1.12. The highest BCUT2D eigenvalue weighted by molar-refractivity contribution is 6.33. The molecule has 0 bridgehead atoms. The zero-order valence-electron chi connectivity index (χ0n) is 32.0. The van der Waals surface area contributed by atoms with Crippen LogP contribution in [0.4, 0.5) is 27.3 Å². The van der Waals surface area contributed by atoms with Gasteiger partial charge in [-0.3, -0.25) is 39.1 Å². The first-order valence-corrected chi connectivity index (χ1v) is 20.2. The Kier molecular flexibility index (Phi) is 9.55. The summed E-state index contributed by atoms with van der Waals surface area (Å²) < 4.78 is 15.4. The molecule has 17 heteroatoms. The number of halogens is 2. The van der Waals surface area contributed by atoms with E-state index in [0.29, 0.717) is 61.7 Å². The van der Waals surface area contributed by atoms with Gasteiger partial charge in [-0.25, -0.2) is 9.24 Å². The number of amides is 5. The van der Waals surface area contributed by atoms with Gasteiger partial charge in [0.05, 0.1) is 23.4 Å². The summed E-state index contributed by atoms with van der Waals surface area (Å²) in [6.45, 7) is 15.5. The molecule has 3 aromatic rings. The molecule has 5 fully saturated rings. The van der Waals surface area contributed by atoms with Gasteiger partial charge < -0.3 is 19.6 Å². The second-order valence-electron chi connectivity index (χ2n) is 16.4. The minimum absolute atomic E-state index is 0.00344. The average molecular weight is 809 g/mol. The van der Waals surface area contributed by atoms with Crippen molar-refractivity contribution in [3.8, 4) is 0 Å². The lowest BCUT2D eigenvalue weighted by molar-refractivity contribution is -0.136. The van der Waals surface area contributed by atoms with Crippen LogP contribution in [0.2, 0.25) is 5.02 Å². The number of nitrogens with one attached hydrogen (secondary N) is 1. The number of carbonyl (C=O) groups is 5. The highest BCUT2D eigenvalue weighted by Crippen LogP contribution is 2.46. The summed E-state index contributed by atoms with van der Waals surface area (Å²) in [4.78, 5) is 78.6. The standard InChI is InChI=1S/C41H42ClFN10O5/c1-24-20-41(23-52(24)25-3-4-31(44-2)29(42)17-25)9-11-50(12-10-41)35-7-5-32(46-47-35)40(58)51-21-26(22-51)48-13-15-49(16-14-48)34-19-28-27(18-30(34)43)38(56)53(39(28)57)33-6-8-36(54)45-37(33)55/h3-5,7,17-19,24,26,33H,6,8-16,20-23H2,1H3,(H,45,54,55)/t24-,33?/m0/s1. The van der Waals surface area contributed by atoms with Gasteiger partial charge >= 0.3 is 0 Å². The van der Waals surface area contributed by atoms with Gasteiger partial charge in [-0.2, -0.15) is 0 Å². The molecule has 6 aliphatic rings. The van der Waals surface area contributed by atoms with Crippen LogP contribution in [0.25, 0.3) is 4.85 Å². The smallest absolute Gasteiger partial charge is 0.274 e. The Hall–Kier alpha value is -5.66. The summed E-state index contributed by atoms with van der Waals surface area (Å²) in [5.41, 5.74) is 2.18. The van der Waals surface area contributed by atoms with E-state index in [1.807, 2.05) is 23.1 Å². The monoisotopic (exact) mass is 808 g/mol. The van der Waals surface area contributed by atoms with Gasteiger partial charge in [0.15, 0.2) is 11.5 Å². The lowest BCUT2D eigenvalue weighted by Crippen LogP contribution is -2.64. The van der Waals surface area contributed by atoms with Gasteiger partial charge in [-0.05, 0) is 74.4 Å². The fraction of sp³-hybridized carbons (Fsp3) is 0.463. The molecule has 58 heavy (non-hydrogen) atoms. The average Bonchev–Trinajstić information content (AvgIpc) is 3.65. The Morgan fingerprint density at radius 2 is 1.66 bits per heavy atom. The zero-order chi connectivity index (χ0) is 40.5. The normalized spacial score (nSPS) is 23.7. The maximum atomic E-state index is 15.4. The Balaban J connectivity index is 0.750. The number of rotatable bonds is 6. The predicted octanol–water partition coefficient (Wildman–Crippen LogP) is 3.75. The van der Waals surface area contributed by atoms with Crippen molar-refractivity contribution in [2.75, 3.05) is 73.6 Å². The third kappa shape index (κ3) is 6.59. The van der Waals surface area contributed by atoms with E-state index in [1.165, 1.54) is 6.07 Å². The first-order valence-electron chi connectivity index (χ1n) is 19.8. The number of imide groups is 2. The van der Waals surface area contributed by atoms with Gasteiger partial charge in [0.2, 0.25) is 17.5 Å². The topological polar surface area (TPSA) is 147 Å². The Bertz CT molecular complexity index is 2260. The lowest BCUT2D eigenvalue weighted by atomic mass is 9.77. The summed E-state index contributed by atoms with van der Waals surface area (Å²) in [5, 5.41) is 11.4. The molecule has 2 aromatic carbocycles. The van der Waals surface area contributed by atoms with Crippen molar-refractivity contribution < 1.29 is 28.4 Å². The first-order chi connectivity index (χ1) is 27.9. The summed E-state index contributed by atoms with van der Waals surface area (Å²) in [6.07, 6.45) is 3.15. The third-order valence-corrected chi connectivity index (χ3v) is 13.3. The number of nitrogens with zero attached hydrogens (tertiary/aromatic N) is 9. The summed E-state index contributed by atoms with van der Waals surface area (Å²) >= 11 is 6.36. The van der Waals surface area contributed by atoms with E-state index in [2.05, 4.69) is 42.0 Å². The van der Waals surface area contributed by atoms with Gasteiger partial charge in [0, 0.05) is 88.1 Å². The van der Waals surface area contributed by atoms with Crippen molar-refractivity contribution in [1.29, 1.82) is 0 Å². The molecule has 300 valence electrons. The number of aromatic nitrogens is 2. The quantitative estimate of drug-likeness (QED) is 0.287. The van der Waals surface area contributed by atoms with Crippen molar-refractivity contribution in [3.05, 3.63) is 81.5 Å². The van der Waals surface area contributed by atoms with Crippen molar-refractivity contribution in [3.63, 3.8) is 0 Å². The molecule has 15 nitrogen and oxygen atoms in total. The highest BCUT2D eigenvalue weighted by Gasteiger charge is 2.47. The zero-order valence-corrected chi connectivity index (χ0v) is 32.8. The molecule has 9 rings (SSSR count). The highest BCUT2D eigenvalue weighted by atomic mass is 35.5. The van der Waals surface area contributed by atoms with Crippen LogP contribution in [0, 0.1) is 17.8 Å². The molecule has 2 atom stereocenters. The van der Waals surface area contributed by atoms with Crippen LogP contribution in [0.15, 0.2) is 42.5 Å². The van der Waals surface area contributed by atoms with E-state index >= 15 is 4.39 Å². The predicted molar refractivity (Wildman–Crippen MR) is 212 cm³/mol. The van der Waals surface area contributed by atoms with Crippen LogP contribution in [-0.2, 0) is 9.59 Å². The molecule has 5 saturated heterocycles. The maximum Gasteiger partial charge on any atom is 0.274 e. The van der Waals surface area contributed by atoms with Crippen LogP contribution >= 0.6 is 11.6 Å². The van der Waals surface area contributed by atoms with E-state index in [1.54, 1.807) is 17.0 Å². The second kappa shape index (κ2) is 14.6. The van der Waals surface area contributed by atoms with Gasteiger partial charge in [-0.1, -0.05) is 17.7 Å². The number of fused-ring (bicyclic) bond motifs is 1. The molecule has 0 aliphatic carbocycles. The van der Waals surface area contributed by atoms with E-state index in [0.717, 1.165) is 61.4 Å². The lowest BCUT2D eigenvalue weighted by Gasteiger charge is -2.48. The number of anilines is 3. The van der Waals surface area contributed by atoms with Crippen molar-refractivity contribution >= 4 is 64.0 Å². The van der Waals surface area contributed by atoms with Crippen LogP contribution in [0.5, 0.6) is 0 Å². The van der Waals surface area contributed by atoms with Crippen LogP contribution < -0.4 is 20.0 Å². The number of likely N-dealkylation sites (tertiary alicyclic amines) is 1. The minimum Gasteiger partial charge on any atom is -0.368 e. The number of benzene rings is 2. The van der Waals surface area contributed by atoms with Gasteiger partial charge in [-0.15, -0.1) is 10.2 Å². The maximum absolute atomic E-state index is 15.4. The summed E-state index contributed by atoms with van der Waals surface area (Å²) in [6, 6.07) is 11.2. The fourth-order valence-corrected chi connectivity index (χ4v) is 9.89. The fourth-order valence-electron chi connectivity index (χ4n) is 9.67. The van der Waals surface area contributed by atoms with E-state index in [9.17, 15) is 24.0 Å². The molecular formula is C41H42ClFN10O5. The molecule has 1 N–H and O–H groups in total. The van der Waals surface area contributed by atoms with Gasteiger partial charge in [0.1, 0.15) is 11.9 Å². The molecule has 1 spiro atoms. The number of hydrogen-bond acceptors (Lipinski definition) is 11. The summed E-state index contributed by atoms with van der Waals surface area (Å²) in [7, 11) is 0. The van der Waals surface area contributed by atoms with Crippen molar-refractivity contribution in [2.24, 2.45) is 5.41 Å². The number of piperazine rings is 1. The van der Waals surface area contributed by atoms with E-state index in [4.69, 9.17) is 18.2 Å². The molecular weight excluding hydrogens is 767 g/mol. The van der Waals surface area contributed by atoms with E-state index < -0.39 is 35.5 Å². The molecule has 0 radical (unpaired) electrons. The van der Waals surface area contributed by atoms with Gasteiger partial charge in [0.25, 0.3) is 17.7 Å². The second-order valence-corrected chi connectivity index (χ2v) is 16.8.